The van der Waals surface area contributed by atoms with Crippen molar-refractivity contribution >= 4 is 15.9 Å². The standard InChI is InChI=1S/C17H19F3N2O3S/c18-17(19,20)5-12-1-3-13(4-2-12)14-6-21(7-14)15(23)22-8-16(9-22)10-26(24,25)11-16/h1-4,14H,5-11H2. The van der Waals surface area contributed by atoms with Crippen molar-refractivity contribution in [1.82, 2.24) is 9.80 Å². The van der Waals surface area contributed by atoms with Crippen molar-refractivity contribution in [1.29, 1.82) is 0 Å². The minimum Gasteiger partial charge on any atom is -0.323 e. The van der Waals surface area contributed by atoms with E-state index in [1.807, 2.05) is 0 Å². The van der Waals surface area contributed by atoms with Crippen LogP contribution in [0.2, 0.25) is 0 Å². The fourth-order valence-electron chi connectivity index (χ4n) is 4.16. The van der Waals surface area contributed by atoms with Crippen LogP contribution < -0.4 is 0 Å². The summed E-state index contributed by atoms with van der Waals surface area (Å²) in [6, 6.07) is 6.30. The zero-order chi connectivity index (χ0) is 18.7. The predicted octanol–water partition coefficient (Wildman–Crippen LogP) is 2.04. The highest BCUT2D eigenvalue weighted by molar-refractivity contribution is 7.92. The SMILES string of the molecule is O=C(N1CC(c2ccc(CC(F)(F)F)cc2)C1)N1CC2(C1)CS(=O)(=O)C2. The number of carbonyl (C=O) groups excluding carboxylic acids is 1. The molecule has 142 valence electrons. The number of urea groups is 1. The van der Waals surface area contributed by atoms with E-state index >= 15 is 0 Å². The van der Waals surface area contributed by atoms with Crippen molar-refractivity contribution in [2.24, 2.45) is 5.41 Å². The van der Waals surface area contributed by atoms with E-state index in [0.717, 1.165) is 5.56 Å². The van der Waals surface area contributed by atoms with Crippen molar-refractivity contribution in [3.8, 4) is 0 Å². The van der Waals surface area contributed by atoms with Gasteiger partial charge in [-0.1, -0.05) is 24.3 Å². The van der Waals surface area contributed by atoms with Gasteiger partial charge in [0.2, 0.25) is 0 Å². The van der Waals surface area contributed by atoms with Gasteiger partial charge in [-0.05, 0) is 11.1 Å². The van der Waals surface area contributed by atoms with Gasteiger partial charge >= 0.3 is 12.2 Å². The number of nitrogens with zero attached hydrogens (tertiary/aromatic N) is 2. The van der Waals surface area contributed by atoms with Crippen LogP contribution in [-0.2, 0) is 16.3 Å². The van der Waals surface area contributed by atoms with Gasteiger partial charge in [0.25, 0.3) is 0 Å². The van der Waals surface area contributed by atoms with Crippen LogP contribution >= 0.6 is 0 Å². The molecule has 0 atom stereocenters. The maximum Gasteiger partial charge on any atom is 0.393 e. The van der Waals surface area contributed by atoms with E-state index in [9.17, 15) is 26.4 Å². The Kier molecular flexibility index (Phi) is 3.81. The first-order valence-electron chi connectivity index (χ1n) is 8.44. The fraction of sp³-hybridized carbons (Fsp3) is 0.588. The lowest BCUT2D eigenvalue weighted by molar-refractivity contribution is -0.127. The smallest absolute Gasteiger partial charge is 0.323 e. The number of amides is 2. The van der Waals surface area contributed by atoms with Gasteiger partial charge in [0.05, 0.1) is 17.9 Å². The van der Waals surface area contributed by atoms with Crippen molar-refractivity contribution in [3.63, 3.8) is 0 Å². The van der Waals surface area contributed by atoms with Gasteiger partial charge in [-0.15, -0.1) is 0 Å². The van der Waals surface area contributed by atoms with Gasteiger partial charge < -0.3 is 9.80 Å². The second-order valence-electron chi connectivity index (χ2n) is 7.81. The molecule has 1 aromatic rings. The van der Waals surface area contributed by atoms with E-state index in [2.05, 4.69) is 0 Å². The van der Waals surface area contributed by atoms with Crippen molar-refractivity contribution in [3.05, 3.63) is 35.4 Å². The van der Waals surface area contributed by atoms with Gasteiger partial charge in [0.1, 0.15) is 0 Å². The first-order chi connectivity index (χ1) is 12.0. The molecule has 3 heterocycles. The molecule has 0 unspecified atom stereocenters. The second-order valence-corrected chi connectivity index (χ2v) is 9.87. The molecule has 4 rings (SSSR count). The Morgan fingerprint density at radius 2 is 1.65 bits per heavy atom. The Morgan fingerprint density at radius 1 is 1.08 bits per heavy atom. The normalized spacial score (nSPS) is 24.0. The molecule has 0 saturated carbocycles. The molecule has 0 bridgehead atoms. The van der Waals surface area contributed by atoms with Crippen LogP contribution in [0, 0.1) is 5.41 Å². The van der Waals surface area contributed by atoms with E-state index < -0.39 is 22.4 Å². The maximum absolute atomic E-state index is 12.4. The number of sulfone groups is 1. The lowest BCUT2D eigenvalue weighted by atomic mass is 9.83. The van der Waals surface area contributed by atoms with Crippen LogP contribution in [0.4, 0.5) is 18.0 Å². The minimum atomic E-state index is -4.21. The van der Waals surface area contributed by atoms with Gasteiger partial charge in [0, 0.05) is 37.5 Å². The van der Waals surface area contributed by atoms with Crippen LogP contribution in [0.5, 0.6) is 0 Å². The highest BCUT2D eigenvalue weighted by atomic mass is 32.2. The largest absolute Gasteiger partial charge is 0.393 e. The number of hydrogen-bond acceptors (Lipinski definition) is 3. The molecule has 5 nitrogen and oxygen atoms in total. The summed E-state index contributed by atoms with van der Waals surface area (Å²) in [7, 11) is -2.89. The third kappa shape index (κ3) is 3.28. The summed E-state index contributed by atoms with van der Waals surface area (Å²) in [4.78, 5) is 15.7. The van der Waals surface area contributed by atoms with Crippen molar-refractivity contribution in [2.75, 3.05) is 37.7 Å². The monoisotopic (exact) mass is 388 g/mol. The molecule has 9 heteroatoms. The first-order valence-corrected chi connectivity index (χ1v) is 10.3. The number of carbonyl (C=O) groups is 1. The first kappa shape index (κ1) is 17.6. The Morgan fingerprint density at radius 3 is 2.15 bits per heavy atom. The molecule has 3 fully saturated rings. The van der Waals surface area contributed by atoms with E-state index in [4.69, 9.17) is 0 Å². The zero-order valence-corrected chi connectivity index (χ0v) is 14.8. The molecule has 1 spiro atoms. The quantitative estimate of drug-likeness (QED) is 0.779. The van der Waals surface area contributed by atoms with Gasteiger partial charge in [-0.2, -0.15) is 13.2 Å². The van der Waals surface area contributed by atoms with Gasteiger partial charge in [0.15, 0.2) is 9.84 Å². The Balaban J connectivity index is 1.26. The molecular formula is C17H19F3N2O3S. The highest BCUT2D eigenvalue weighted by Gasteiger charge is 2.57. The van der Waals surface area contributed by atoms with Gasteiger partial charge in [-0.25, -0.2) is 13.2 Å². The molecular weight excluding hydrogens is 369 g/mol. The number of halogens is 3. The van der Waals surface area contributed by atoms with Crippen LogP contribution in [0.25, 0.3) is 0 Å². The van der Waals surface area contributed by atoms with E-state index in [-0.39, 0.29) is 34.4 Å². The van der Waals surface area contributed by atoms with E-state index in [1.165, 1.54) is 12.1 Å². The molecule has 0 radical (unpaired) electrons. The summed E-state index contributed by atoms with van der Waals surface area (Å²) in [5, 5.41) is 0. The Bertz CT molecular complexity index is 810. The molecule has 3 saturated heterocycles. The number of benzene rings is 1. The van der Waals surface area contributed by atoms with Crippen molar-refractivity contribution < 1.29 is 26.4 Å². The van der Waals surface area contributed by atoms with Crippen molar-refractivity contribution in [2.45, 2.75) is 18.5 Å². The molecule has 0 aromatic heterocycles. The van der Waals surface area contributed by atoms with E-state index in [0.29, 0.717) is 26.2 Å². The Hall–Kier alpha value is -1.77. The predicted molar refractivity (Wildman–Crippen MR) is 88.6 cm³/mol. The number of likely N-dealkylation sites (tertiary alicyclic amines) is 2. The zero-order valence-electron chi connectivity index (χ0n) is 14.0. The van der Waals surface area contributed by atoms with E-state index in [1.54, 1.807) is 21.9 Å². The fourth-order valence-corrected chi connectivity index (χ4v) is 6.30. The van der Waals surface area contributed by atoms with Crippen LogP contribution in [0.1, 0.15) is 17.0 Å². The highest BCUT2D eigenvalue weighted by Crippen LogP contribution is 2.42. The third-order valence-electron chi connectivity index (χ3n) is 5.38. The number of rotatable bonds is 2. The molecule has 26 heavy (non-hydrogen) atoms. The molecule has 0 N–H and O–H groups in total. The van der Waals surface area contributed by atoms with Gasteiger partial charge in [-0.3, -0.25) is 0 Å². The molecule has 3 aliphatic rings. The third-order valence-corrected chi connectivity index (χ3v) is 7.49. The number of alkyl halides is 3. The summed E-state index contributed by atoms with van der Waals surface area (Å²) in [5.41, 5.74) is 0.951. The number of hydrogen-bond donors (Lipinski definition) is 0. The average Bonchev–Trinajstić information content (AvgIpc) is 2.40. The molecule has 3 aliphatic heterocycles. The summed E-state index contributed by atoms with van der Waals surface area (Å²) in [6.07, 6.45) is -5.15. The minimum absolute atomic E-state index is 0.0788. The molecule has 1 aromatic carbocycles. The second kappa shape index (κ2) is 5.61. The summed E-state index contributed by atoms with van der Waals surface area (Å²) < 4.78 is 59.7. The average molecular weight is 388 g/mol. The Labute approximate surface area is 149 Å². The van der Waals surface area contributed by atoms with Crippen LogP contribution in [0.3, 0.4) is 0 Å². The lowest BCUT2D eigenvalue weighted by Crippen LogP contribution is -2.71. The van der Waals surface area contributed by atoms with Crippen LogP contribution in [-0.4, -0.2) is 68.1 Å². The topological polar surface area (TPSA) is 57.7 Å². The molecule has 0 aliphatic carbocycles. The lowest BCUT2D eigenvalue weighted by Gasteiger charge is -2.56. The summed E-state index contributed by atoms with van der Waals surface area (Å²) in [5.74, 6) is 0.492. The maximum atomic E-state index is 12.4. The molecule has 2 amide bonds. The summed E-state index contributed by atoms with van der Waals surface area (Å²) in [6.45, 7) is 2.08. The summed E-state index contributed by atoms with van der Waals surface area (Å²) >= 11 is 0. The van der Waals surface area contributed by atoms with Crippen LogP contribution in [0.15, 0.2) is 24.3 Å².